The molecule has 1 heterocycles. The number of esters is 1. The van der Waals surface area contributed by atoms with Crippen molar-refractivity contribution in [3.63, 3.8) is 0 Å². The van der Waals surface area contributed by atoms with Crippen molar-refractivity contribution in [1.29, 1.82) is 5.26 Å². The van der Waals surface area contributed by atoms with Gasteiger partial charge in [-0.05, 0) is 36.8 Å². The van der Waals surface area contributed by atoms with Crippen LogP contribution >= 0.6 is 0 Å². The second-order valence-electron chi connectivity index (χ2n) is 8.40. The first kappa shape index (κ1) is 23.4. The van der Waals surface area contributed by atoms with E-state index in [4.69, 9.17) is 4.74 Å². The first-order valence-electron chi connectivity index (χ1n) is 10.4. The summed E-state index contributed by atoms with van der Waals surface area (Å²) < 4.78 is 5.15. The van der Waals surface area contributed by atoms with Gasteiger partial charge in [-0.1, -0.05) is 45.9 Å². The van der Waals surface area contributed by atoms with E-state index in [-0.39, 0.29) is 24.8 Å². The van der Waals surface area contributed by atoms with E-state index >= 15 is 0 Å². The third-order valence-corrected chi connectivity index (χ3v) is 5.96. The SMILES string of the molecule is CC[C@@H](C)c1ccccc1N1C[C@H](C(=O)OCC(=O)N[C@@](C)(C#N)C(C)C)CC1=O. The number of nitrogens with one attached hydrogen (secondary N) is 1. The lowest BCUT2D eigenvalue weighted by molar-refractivity contribution is -0.152. The van der Waals surface area contributed by atoms with Gasteiger partial charge in [0.15, 0.2) is 6.61 Å². The van der Waals surface area contributed by atoms with Gasteiger partial charge >= 0.3 is 5.97 Å². The van der Waals surface area contributed by atoms with Gasteiger partial charge in [0.05, 0.1) is 12.0 Å². The Morgan fingerprint density at radius 1 is 1.33 bits per heavy atom. The van der Waals surface area contributed by atoms with E-state index in [2.05, 4.69) is 25.2 Å². The Bertz CT molecular complexity index is 845. The molecule has 7 heteroatoms. The van der Waals surface area contributed by atoms with Crippen LogP contribution in [0, 0.1) is 23.2 Å². The van der Waals surface area contributed by atoms with Gasteiger partial charge in [-0.15, -0.1) is 0 Å². The second-order valence-corrected chi connectivity index (χ2v) is 8.40. The highest BCUT2D eigenvalue weighted by molar-refractivity contribution is 6.00. The smallest absolute Gasteiger partial charge is 0.311 e. The molecule has 2 amide bonds. The summed E-state index contributed by atoms with van der Waals surface area (Å²) in [5, 5.41) is 11.9. The van der Waals surface area contributed by atoms with E-state index < -0.39 is 29.9 Å². The quantitative estimate of drug-likeness (QED) is 0.660. The largest absolute Gasteiger partial charge is 0.455 e. The summed E-state index contributed by atoms with van der Waals surface area (Å²) in [6, 6.07) is 9.81. The minimum atomic E-state index is -1.04. The third kappa shape index (κ3) is 5.18. The normalized spacial score (nSPS) is 19.2. The van der Waals surface area contributed by atoms with Gasteiger partial charge in [-0.25, -0.2) is 0 Å². The average molecular weight is 414 g/mol. The van der Waals surface area contributed by atoms with Crippen molar-refractivity contribution in [1.82, 2.24) is 5.32 Å². The molecule has 0 aliphatic carbocycles. The molecule has 1 aliphatic heterocycles. The molecule has 1 aliphatic rings. The van der Waals surface area contributed by atoms with Crippen molar-refractivity contribution in [3.05, 3.63) is 29.8 Å². The Morgan fingerprint density at radius 3 is 2.60 bits per heavy atom. The van der Waals surface area contributed by atoms with Gasteiger partial charge in [0.2, 0.25) is 5.91 Å². The van der Waals surface area contributed by atoms with E-state index in [0.717, 1.165) is 17.7 Å². The Balaban J connectivity index is 2.00. The number of para-hydroxylation sites is 1. The number of amides is 2. The Kier molecular flexibility index (Phi) is 7.60. The van der Waals surface area contributed by atoms with Gasteiger partial charge in [0, 0.05) is 18.7 Å². The van der Waals surface area contributed by atoms with E-state index in [9.17, 15) is 19.6 Å². The van der Waals surface area contributed by atoms with Gasteiger partial charge in [-0.2, -0.15) is 5.26 Å². The van der Waals surface area contributed by atoms with Crippen LogP contribution < -0.4 is 10.2 Å². The minimum Gasteiger partial charge on any atom is -0.455 e. The van der Waals surface area contributed by atoms with E-state index in [1.807, 2.05) is 38.1 Å². The average Bonchev–Trinajstić information content (AvgIpc) is 3.12. The van der Waals surface area contributed by atoms with Crippen LogP contribution in [0.3, 0.4) is 0 Å². The molecular formula is C23H31N3O4. The fourth-order valence-electron chi connectivity index (χ4n) is 3.35. The van der Waals surface area contributed by atoms with Crippen LogP contribution in [0.15, 0.2) is 24.3 Å². The highest BCUT2D eigenvalue weighted by Gasteiger charge is 2.38. The molecule has 1 N–H and O–H groups in total. The number of benzene rings is 1. The second kappa shape index (κ2) is 9.75. The van der Waals surface area contributed by atoms with Gasteiger partial charge in [0.1, 0.15) is 5.54 Å². The van der Waals surface area contributed by atoms with Crippen molar-refractivity contribution in [3.8, 4) is 6.07 Å². The zero-order valence-corrected chi connectivity index (χ0v) is 18.4. The predicted molar refractivity (Wildman–Crippen MR) is 114 cm³/mol. The first-order valence-corrected chi connectivity index (χ1v) is 10.4. The minimum absolute atomic E-state index is 0.0528. The standard InChI is InChI=1S/C23H31N3O4/c1-6-16(4)18-9-7-8-10-19(18)26-12-17(11-21(26)28)22(29)30-13-20(27)25-23(5,14-24)15(2)3/h7-10,15-17H,6,11-13H2,1-5H3,(H,25,27)/t16-,17-,23+/m1/s1. The number of carbonyl (C=O) groups is 3. The monoisotopic (exact) mass is 413 g/mol. The Morgan fingerprint density at radius 2 is 2.00 bits per heavy atom. The highest BCUT2D eigenvalue weighted by atomic mass is 16.5. The molecule has 0 unspecified atom stereocenters. The molecule has 3 atom stereocenters. The molecule has 0 aromatic heterocycles. The zero-order chi connectivity index (χ0) is 22.5. The van der Waals surface area contributed by atoms with Crippen LogP contribution in [0.4, 0.5) is 5.69 Å². The predicted octanol–water partition coefficient (Wildman–Crippen LogP) is 3.15. The molecule has 162 valence electrons. The number of hydrogen-bond donors (Lipinski definition) is 1. The maximum Gasteiger partial charge on any atom is 0.311 e. The lowest BCUT2D eigenvalue weighted by atomic mass is 9.90. The molecule has 0 radical (unpaired) electrons. The van der Waals surface area contributed by atoms with Gasteiger partial charge < -0.3 is 15.0 Å². The number of ether oxygens (including phenoxy) is 1. The van der Waals surface area contributed by atoms with Crippen LogP contribution in [0.1, 0.15) is 58.9 Å². The molecule has 0 spiro atoms. The number of hydrogen-bond acceptors (Lipinski definition) is 5. The summed E-state index contributed by atoms with van der Waals surface area (Å²) in [5.41, 5.74) is 0.862. The molecule has 2 rings (SSSR count). The molecule has 1 saturated heterocycles. The van der Waals surface area contributed by atoms with Crippen LogP contribution in [-0.2, 0) is 19.1 Å². The van der Waals surface area contributed by atoms with Crippen molar-refractivity contribution in [2.45, 2.75) is 58.9 Å². The van der Waals surface area contributed by atoms with Crippen LogP contribution in [0.5, 0.6) is 0 Å². The number of anilines is 1. The van der Waals surface area contributed by atoms with E-state index in [1.54, 1.807) is 11.8 Å². The van der Waals surface area contributed by atoms with Gasteiger partial charge in [-0.3, -0.25) is 14.4 Å². The maximum atomic E-state index is 12.6. The third-order valence-electron chi connectivity index (χ3n) is 5.96. The lowest BCUT2D eigenvalue weighted by Gasteiger charge is -2.27. The number of carbonyl (C=O) groups excluding carboxylic acids is 3. The van der Waals surface area contributed by atoms with E-state index in [1.165, 1.54) is 0 Å². The first-order chi connectivity index (χ1) is 14.1. The van der Waals surface area contributed by atoms with Crippen LogP contribution in [-0.4, -0.2) is 36.5 Å². The molecule has 30 heavy (non-hydrogen) atoms. The Labute approximate surface area is 178 Å². The summed E-state index contributed by atoms with van der Waals surface area (Å²) in [6.45, 7) is 9.23. The van der Waals surface area contributed by atoms with Crippen molar-refractivity contribution < 1.29 is 19.1 Å². The van der Waals surface area contributed by atoms with Crippen LogP contribution in [0.25, 0.3) is 0 Å². The number of nitriles is 1. The number of nitrogens with zero attached hydrogens (tertiary/aromatic N) is 2. The van der Waals surface area contributed by atoms with Crippen molar-refractivity contribution >= 4 is 23.5 Å². The summed E-state index contributed by atoms with van der Waals surface area (Å²) in [4.78, 5) is 38.8. The molecule has 1 aromatic rings. The zero-order valence-electron chi connectivity index (χ0n) is 18.4. The topological polar surface area (TPSA) is 99.5 Å². The number of rotatable bonds is 8. The molecular weight excluding hydrogens is 382 g/mol. The maximum absolute atomic E-state index is 12.6. The summed E-state index contributed by atoms with van der Waals surface area (Å²) >= 11 is 0. The summed E-state index contributed by atoms with van der Waals surface area (Å²) in [5.74, 6) is -1.68. The van der Waals surface area contributed by atoms with Gasteiger partial charge in [0.25, 0.3) is 5.91 Å². The van der Waals surface area contributed by atoms with Crippen molar-refractivity contribution in [2.24, 2.45) is 11.8 Å². The molecule has 0 saturated carbocycles. The Hall–Kier alpha value is -2.88. The summed E-state index contributed by atoms with van der Waals surface area (Å²) in [6.07, 6.45) is 0.995. The fourth-order valence-corrected chi connectivity index (χ4v) is 3.35. The fraction of sp³-hybridized carbons (Fsp3) is 0.565. The molecule has 1 aromatic carbocycles. The van der Waals surface area contributed by atoms with Crippen LogP contribution in [0.2, 0.25) is 0 Å². The molecule has 7 nitrogen and oxygen atoms in total. The molecule has 1 fully saturated rings. The van der Waals surface area contributed by atoms with Crippen molar-refractivity contribution in [2.75, 3.05) is 18.1 Å². The summed E-state index contributed by atoms with van der Waals surface area (Å²) in [7, 11) is 0. The highest BCUT2D eigenvalue weighted by Crippen LogP contribution is 2.33. The van der Waals surface area contributed by atoms with E-state index in [0.29, 0.717) is 5.92 Å². The molecule has 0 bridgehead atoms. The lowest BCUT2D eigenvalue weighted by Crippen LogP contribution is -2.50.